The molecule has 1 atom stereocenters. The van der Waals surface area contributed by atoms with Crippen LogP contribution < -0.4 is 5.73 Å². The molecule has 19 heavy (non-hydrogen) atoms. The van der Waals surface area contributed by atoms with Gasteiger partial charge in [-0.15, -0.1) is 0 Å². The number of unbranched alkanes of at least 4 members (excludes halogenated alkanes) is 1. The van der Waals surface area contributed by atoms with Crippen LogP contribution in [0.15, 0.2) is 5.16 Å². The summed E-state index contributed by atoms with van der Waals surface area (Å²) in [5, 5.41) is 11.8. The molecule has 1 heterocycles. The molecule has 3 N–H and O–H groups in total. The number of rotatable bonds is 8. The number of oxime groups is 1. The molecule has 1 rings (SSSR count). The van der Waals surface area contributed by atoms with Gasteiger partial charge in [-0.2, -0.15) is 0 Å². The highest BCUT2D eigenvalue weighted by Gasteiger charge is 2.24. The van der Waals surface area contributed by atoms with E-state index >= 15 is 0 Å². The van der Waals surface area contributed by atoms with Crippen LogP contribution in [0, 0.1) is 11.3 Å². The first-order valence-electron chi connectivity index (χ1n) is 7.19. The minimum Gasteiger partial charge on any atom is -0.409 e. The van der Waals surface area contributed by atoms with Crippen LogP contribution in [0.1, 0.15) is 39.5 Å². The number of ether oxygens (including phenoxy) is 1. The molecule has 5 heteroatoms. The predicted octanol–water partition coefficient (Wildman–Crippen LogP) is 1.90. The molecule has 0 bridgehead atoms. The van der Waals surface area contributed by atoms with Gasteiger partial charge in [0.15, 0.2) is 0 Å². The SMILES string of the molecule is COCC1CCN(CCCCC(C)(C)C(N)=NO)C1. The van der Waals surface area contributed by atoms with E-state index in [0.29, 0.717) is 11.8 Å². The number of nitrogens with two attached hydrogens (primary N) is 1. The molecule has 1 saturated heterocycles. The fraction of sp³-hybridized carbons (Fsp3) is 0.929. The molecule has 112 valence electrons. The zero-order valence-electron chi connectivity index (χ0n) is 12.6. The zero-order chi connectivity index (χ0) is 14.3. The average molecular weight is 271 g/mol. The smallest absolute Gasteiger partial charge is 0.144 e. The summed E-state index contributed by atoms with van der Waals surface area (Å²) in [4.78, 5) is 2.51. The first-order chi connectivity index (χ1) is 8.99. The van der Waals surface area contributed by atoms with E-state index in [9.17, 15) is 0 Å². The van der Waals surface area contributed by atoms with Crippen molar-refractivity contribution in [3.63, 3.8) is 0 Å². The van der Waals surface area contributed by atoms with Gasteiger partial charge in [0.25, 0.3) is 0 Å². The summed E-state index contributed by atoms with van der Waals surface area (Å²) >= 11 is 0. The highest BCUT2D eigenvalue weighted by atomic mass is 16.5. The Balaban J connectivity index is 2.15. The van der Waals surface area contributed by atoms with Crippen LogP contribution in [0.3, 0.4) is 0 Å². The number of nitrogens with zero attached hydrogens (tertiary/aromatic N) is 2. The Morgan fingerprint density at radius 1 is 1.47 bits per heavy atom. The van der Waals surface area contributed by atoms with Crippen LogP contribution in [-0.2, 0) is 4.74 Å². The van der Waals surface area contributed by atoms with Crippen molar-refractivity contribution in [3.8, 4) is 0 Å². The van der Waals surface area contributed by atoms with E-state index < -0.39 is 0 Å². The predicted molar refractivity (Wildman–Crippen MR) is 77.5 cm³/mol. The summed E-state index contributed by atoms with van der Waals surface area (Å²) < 4.78 is 5.21. The maximum Gasteiger partial charge on any atom is 0.144 e. The summed E-state index contributed by atoms with van der Waals surface area (Å²) in [5.41, 5.74) is 5.47. The standard InChI is InChI=1S/C14H29N3O2/c1-14(2,13(15)16-18)7-4-5-8-17-9-6-12(10-17)11-19-3/h12,18H,4-11H2,1-3H3,(H2,15,16). The molecule has 5 nitrogen and oxygen atoms in total. The summed E-state index contributed by atoms with van der Waals surface area (Å²) in [6.07, 6.45) is 4.48. The highest BCUT2D eigenvalue weighted by molar-refractivity contribution is 5.85. The maximum atomic E-state index is 8.72. The number of amidine groups is 1. The van der Waals surface area contributed by atoms with E-state index in [0.717, 1.165) is 32.5 Å². The first kappa shape index (κ1) is 16.2. The van der Waals surface area contributed by atoms with Gasteiger partial charge in [-0.3, -0.25) is 0 Å². The topological polar surface area (TPSA) is 71.1 Å². The molecule has 0 saturated carbocycles. The van der Waals surface area contributed by atoms with Gasteiger partial charge >= 0.3 is 0 Å². The van der Waals surface area contributed by atoms with Crippen molar-refractivity contribution in [2.24, 2.45) is 22.2 Å². The second-order valence-electron chi connectivity index (χ2n) is 6.24. The fourth-order valence-electron chi connectivity index (χ4n) is 2.65. The quantitative estimate of drug-likeness (QED) is 0.232. The Bertz CT molecular complexity index is 292. The van der Waals surface area contributed by atoms with E-state index in [-0.39, 0.29) is 5.41 Å². The summed E-state index contributed by atoms with van der Waals surface area (Å²) in [6.45, 7) is 8.42. The molecule has 0 aromatic heterocycles. The Morgan fingerprint density at radius 2 is 2.21 bits per heavy atom. The minimum absolute atomic E-state index is 0.210. The largest absolute Gasteiger partial charge is 0.409 e. The lowest BCUT2D eigenvalue weighted by Crippen LogP contribution is -2.32. The molecule has 1 aliphatic rings. The Labute approximate surface area is 116 Å². The van der Waals surface area contributed by atoms with Crippen LogP contribution in [0.25, 0.3) is 0 Å². The molecular weight excluding hydrogens is 242 g/mol. The van der Waals surface area contributed by atoms with Crippen molar-refractivity contribution in [2.45, 2.75) is 39.5 Å². The third-order valence-corrected chi connectivity index (χ3v) is 4.10. The van der Waals surface area contributed by atoms with Gasteiger partial charge in [0, 0.05) is 19.1 Å². The molecule has 0 aliphatic carbocycles. The Hall–Kier alpha value is -0.810. The molecule has 1 fully saturated rings. The van der Waals surface area contributed by atoms with Gasteiger partial charge in [0.1, 0.15) is 5.84 Å². The lowest BCUT2D eigenvalue weighted by Gasteiger charge is -2.23. The number of hydrogen-bond donors (Lipinski definition) is 2. The third kappa shape index (κ3) is 5.37. The summed E-state index contributed by atoms with van der Waals surface area (Å²) in [5.74, 6) is 1.03. The lowest BCUT2D eigenvalue weighted by atomic mass is 9.86. The Morgan fingerprint density at radius 3 is 2.84 bits per heavy atom. The lowest BCUT2D eigenvalue weighted by molar-refractivity contribution is 0.153. The van der Waals surface area contributed by atoms with E-state index in [2.05, 4.69) is 10.1 Å². The number of hydrogen-bond acceptors (Lipinski definition) is 4. The van der Waals surface area contributed by atoms with Crippen LogP contribution in [0.2, 0.25) is 0 Å². The average Bonchev–Trinajstić information content (AvgIpc) is 2.82. The molecule has 1 unspecified atom stereocenters. The van der Waals surface area contributed by atoms with Gasteiger partial charge in [0.2, 0.25) is 0 Å². The molecule has 0 amide bonds. The first-order valence-corrected chi connectivity index (χ1v) is 7.19. The van der Waals surface area contributed by atoms with Crippen molar-refractivity contribution >= 4 is 5.84 Å². The van der Waals surface area contributed by atoms with Crippen molar-refractivity contribution in [2.75, 3.05) is 33.4 Å². The molecule has 0 aromatic rings. The molecule has 1 aliphatic heterocycles. The van der Waals surface area contributed by atoms with Gasteiger partial charge in [-0.25, -0.2) is 0 Å². The van der Waals surface area contributed by atoms with Crippen molar-refractivity contribution < 1.29 is 9.94 Å². The molecule has 0 aromatic carbocycles. The Kier molecular flexibility index (Phi) is 6.58. The van der Waals surface area contributed by atoms with E-state index in [1.54, 1.807) is 7.11 Å². The van der Waals surface area contributed by atoms with Gasteiger partial charge in [-0.1, -0.05) is 25.4 Å². The number of likely N-dealkylation sites (tertiary alicyclic amines) is 1. The van der Waals surface area contributed by atoms with Crippen molar-refractivity contribution in [1.29, 1.82) is 0 Å². The molecular formula is C14H29N3O2. The fourth-order valence-corrected chi connectivity index (χ4v) is 2.65. The van der Waals surface area contributed by atoms with Crippen LogP contribution in [0.4, 0.5) is 0 Å². The number of methoxy groups -OCH3 is 1. The van der Waals surface area contributed by atoms with Crippen molar-refractivity contribution in [1.82, 2.24) is 4.90 Å². The second kappa shape index (κ2) is 7.70. The van der Waals surface area contributed by atoms with E-state index in [1.165, 1.54) is 19.4 Å². The highest BCUT2D eigenvalue weighted by Crippen LogP contribution is 2.24. The minimum atomic E-state index is -0.210. The van der Waals surface area contributed by atoms with Crippen LogP contribution in [0.5, 0.6) is 0 Å². The van der Waals surface area contributed by atoms with Gasteiger partial charge in [0.05, 0.1) is 6.61 Å². The molecule has 0 radical (unpaired) electrons. The maximum absolute atomic E-state index is 8.72. The zero-order valence-corrected chi connectivity index (χ0v) is 12.6. The third-order valence-electron chi connectivity index (χ3n) is 4.10. The van der Waals surface area contributed by atoms with Crippen LogP contribution in [-0.4, -0.2) is 49.3 Å². The summed E-state index contributed by atoms with van der Waals surface area (Å²) in [7, 11) is 1.78. The van der Waals surface area contributed by atoms with Gasteiger partial charge in [-0.05, 0) is 38.3 Å². The van der Waals surface area contributed by atoms with Crippen LogP contribution >= 0.6 is 0 Å². The normalized spacial score (nSPS) is 22.1. The van der Waals surface area contributed by atoms with E-state index in [4.69, 9.17) is 15.7 Å². The van der Waals surface area contributed by atoms with Crippen molar-refractivity contribution in [3.05, 3.63) is 0 Å². The van der Waals surface area contributed by atoms with E-state index in [1.807, 2.05) is 13.8 Å². The molecule has 0 spiro atoms. The second-order valence-corrected chi connectivity index (χ2v) is 6.24. The summed E-state index contributed by atoms with van der Waals surface area (Å²) in [6, 6.07) is 0. The van der Waals surface area contributed by atoms with Gasteiger partial charge < -0.3 is 20.6 Å². The monoisotopic (exact) mass is 271 g/mol.